The minimum Gasteiger partial charge on any atom is -0.480 e. The number of carboxylic acids is 1. The summed E-state index contributed by atoms with van der Waals surface area (Å²) < 4.78 is 5.59. The third-order valence-corrected chi connectivity index (χ3v) is 5.47. The molecule has 0 radical (unpaired) electrons. The van der Waals surface area contributed by atoms with Crippen LogP contribution in [0.5, 0.6) is 0 Å². The number of carbonyl (C=O) groups excluding carboxylic acids is 1. The SMILES string of the molecule is CC(C)(C)OCCC(NC(=O)C1CCC2CCCCC2C1)C(=O)O. The number of carboxylic acid groups (broad SMARTS) is 1. The first-order valence-corrected chi connectivity index (χ1v) is 9.43. The topological polar surface area (TPSA) is 75.6 Å². The molecule has 2 N–H and O–H groups in total. The van der Waals surface area contributed by atoms with Gasteiger partial charge >= 0.3 is 5.97 Å². The molecule has 2 aliphatic carbocycles. The van der Waals surface area contributed by atoms with Gasteiger partial charge in [-0.25, -0.2) is 4.79 Å². The van der Waals surface area contributed by atoms with Crippen LogP contribution in [0.2, 0.25) is 0 Å². The summed E-state index contributed by atoms with van der Waals surface area (Å²) >= 11 is 0. The van der Waals surface area contributed by atoms with Crippen LogP contribution in [0.1, 0.15) is 72.1 Å². The smallest absolute Gasteiger partial charge is 0.326 e. The van der Waals surface area contributed by atoms with Crippen molar-refractivity contribution in [2.24, 2.45) is 17.8 Å². The fourth-order valence-electron chi connectivity index (χ4n) is 4.14. The molecule has 2 rings (SSSR count). The average molecular weight is 339 g/mol. The Kier molecular flexibility index (Phi) is 6.67. The standard InChI is InChI=1S/C19H33NO4/c1-19(2,3)24-11-10-16(18(22)23)20-17(21)15-9-8-13-6-4-5-7-14(13)12-15/h13-16H,4-12H2,1-3H3,(H,20,21)(H,22,23). The maximum absolute atomic E-state index is 12.5. The lowest BCUT2D eigenvalue weighted by Gasteiger charge is -2.39. The Hall–Kier alpha value is -1.10. The summed E-state index contributed by atoms with van der Waals surface area (Å²) in [7, 11) is 0. The summed E-state index contributed by atoms with van der Waals surface area (Å²) in [5.74, 6) is 0.373. The minimum absolute atomic E-state index is 0.0188. The van der Waals surface area contributed by atoms with E-state index in [2.05, 4.69) is 5.32 Å². The summed E-state index contributed by atoms with van der Waals surface area (Å²) in [6, 6.07) is -0.857. The van der Waals surface area contributed by atoms with Crippen LogP contribution >= 0.6 is 0 Å². The third-order valence-electron chi connectivity index (χ3n) is 5.47. The van der Waals surface area contributed by atoms with Crippen molar-refractivity contribution >= 4 is 11.9 Å². The quantitative estimate of drug-likeness (QED) is 0.778. The van der Waals surface area contributed by atoms with Gasteiger partial charge in [-0.05, 0) is 51.9 Å². The molecule has 4 unspecified atom stereocenters. The van der Waals surface area contributed by atoms with Gasteiger partial charge in [0.05, 0.1) is 5.60 Å². The van der Waals surface area contributed by atoms with Gasteiger partial charge < -0.3 is 15.2 Å². The van der Waals surface area contributed by atoms with Crippen molar-refractivity contribution in [1.82, 2.24) is 5.32 Å². The maximum atomic E-state index is 12.5. The second kappa shape index (κ2) is 8.32. The first kappa shape index (κ1) is 19.2. The lowest BCUT2D eigenvalue weighted by atomic mass is 9.67. The van der Waals surface area contributed by atoms with Gasteiger partial charge in [-0.2, -0.15) is 0 Å². The number of aliphatic carboxylic acids is 1. The van der Waals surface area contributed by atoms with E-state index in [1.165, 1.54) is 25.7 Å². The van der Waals surface area contributed by atoms with Crippen molar-refractivity contribution in [1.29, 1.82) is 0 Å². The first-order valence-electron chi connectivity index (χ1n) is 9.43. The van der Waals surface area contributed by atoms with Gasteiger partial charge in [-0.1, -0.05) is 25.7 Å². The van der Waals surface area contributed by atoms with Crippen LogP contribution in [0.4, 0.5) is 0 Å². The third kappa shape index (κ3) is 5.76. The average Bonchev–Trinajstić information content (AvgIpc) is 2.52. The lowest BCUT2D eigenvalue weighted by molar-refractivity contribution is -0.144. The van der Waals surface area contributed by atoms with Crippen molar-refractivity contribution in [3.63, 3.8) is 0 Å². The second-order valence-corrected chi connectivity index (χ2v) is 8.46. The van der Waals surface area contributed by atoms with E-state index in [1.807, 2.05) is 20.8 Å². The number of ether oxygens (including phenoxy) is 1. The molecule has 2 fully saturated rings. The molecule has 5 heteroatoms. The number of hydrogen-bond donors (Lipinski definition) is 2. The summed E-state index contributed by atoms with van der Waals surface area (Å²) in [6.07, 6.45) is 8.39. The van der Waals surface area contributed by atoms with Crippen LogP contribution in [0, 0.1) is 17.8 Å². The first-order chi connectivity index (χ1) is 11.3. The van der Waals surface area contributed by atoms with Gasteiger partial charge in [-0.15, -0.1) is 0 Å². The maximum Gasteiger partial charge on any atom is 0.326 e. The molecule has 0 aromatic rings. The summed E-state index contributed by atoms with van der Waals surface area (Å²) in [5, 5.41) is 12.1. The van der Waals surface area contributed by atoms with E-state index in [4.69, 9.17) is 4.74 Å². The highest BCUT2D eigenvalue weighted by Gasteiger charge is 2.36. The molecule has 4 atom stereocenters. The monoisotopic (exact) mass is 339 g/mol. The van der Waals surface area contributed by atoms with Crippen LogP contribution in [0.3, 0.4) is 0 Å². The molecule has 0 heterocycles. The normalized spacial score (nSPS) is 28.7. The van der Waals surface area contributed by atoms with Crippen LogP contribution in [0.15, 0.2) is 0 Å². The fourth-order valence-corrected chi connectivity index (χ4v) is 4.14. The van der Waals surface area contributed by atoms with Gasteiger partial charge in [0, 0.05) is 18.9 Å². The number of nitrogens with one attached hydrogen (secondary N) is 1. The van der Waals surface area contributed by atoms with E-state index >= 15 is 0 Å². The van der Waals surface area contributed by atoms with Crippen molar-refractivity contribution in [3.05, 3.63) is 0 Å². The highest BCUT2D eigenvalue weighted by Crippen LogP contribution is 2.42. The molecule has 2 saturated carbocycles. The largest absolute Gasteiger partial charge is 0.480 e. The Morgan fingerprint density at radius 2 is 1.79 bits per heavy atom. The Morgan fingerprint density at radius 3 is 2.42 bits per heavy atom. The zero-order valence-corrected chi connectivity index (χ0v) is 15.3. The van der Waals surface area contributed by atoms with Crippen LogP contribution in [-0.2, 0) is 14.3 Å². The van der Waals surface area contributed by atoms with Crippen molar-refractivity contribution in [3.8, 4) is 0 Å². The van der Waals surface area contributed by atoms with E-state index in [9.17, 15) is 14.7 Å². The Bertz CT molecular complexity index is 443. The van der Waals surface area contributed by atoms with E-state index in [0.717, 1.165) is 25.2 Å². The van der Waals surface area contributed by atoms with E-state index in [0.29, 0.717) is 18.9 Å². The highest BCUT2D eigenvalue weighted by molar-refractivity contribution is 5.85. The molecule has 2 aliphatic rings. The minimum atomic E-state index is -0.979. The summed E-state index contributed by atoms with van der Waals surface area (Å²) in [6.45, 7) is 6.13. The molecule has 0 spiro atoms. The molecule has 138 valence electrons. The highest BCUT2D eigenvalue weighted by atomic mass is 16.5. The van der Waals surface area contributed by atoms with Crippen molar-refractivity contribution in [2.45, 2.75) is 83.8 Å². The van der Waals surface area contributed by atoms with Gasteiger partial charge in [-0.3, -0.25) is 4.79 Å². The summed E-state index contributed by atoms with van der Waals surface area (Å²) in [4.78, 5) is 24.0. The molecule has 0 aliphatic heterocycles. The molecule has 24 heavy (non-hydrogen) atoms. The lowest BCUT2D eigenvalue weighted by Crippen LogP contribution is -2.46. The molecule has 0 bridgehead atoms. The molecule has 0 aromatic carbocycles. The predicted octanol–water partition coefficient (Wildman–Crippen LogP) is 3.37. The van der Waals surface area contributed by atoms with Crippen LogP contribution < -0.4 is 5.32 Å². The molecule has 0 aromatic heterocycles. The molecular formula is C19H33NO4. The predicted molar refractivity (Wildman–Crippen MR) is 92.7 cm³/mol. The zero-order valence-electron chi connectivity index (χ0n) is 15.3. The molecule has 5 nitrogen and oxygen atoms in total. The Balaban J connectivity index is 1.82. The van der Waals surface area contributed by atoms with Crippen molar-refractivity contribution in [2.75, 3.05) is 6.61 Å². The summed E-state index contributed by atoms with van der Waals surface area (Å²) in [5.41, 5.74) is -0.299. The molecule has 1 amide bonds. The molecule has 0 saturated heterocycles. The second-order valence-electron chi connectivity index (χ2n) is 8.46. The number of fused-ring (bicyclic) bond motifs is 1. The van der Waals surface area contributed by atoms with Crippen LogP contribution in [0.25, 0.3) is 0 Å². The number of amides is 1. The fraction of sp³-hybridized carbons (Fsp3) is 0.895. The zero-order chi connectivity index (χ0) is 17.7. The van der Waals surface area contributed by atoms with Crippen molar-refractivity contribution < 1.29 is 19.4 Å². The van der Waals surface area contributed by atoms with Crippen LogP contribution in [-0.4, -0.2) is 35.2 Å². The number of carbonyl (C=O) groups is 2. The van der Waals surface area contributed by atoms with Gasteiger partial charge in [0.25, 0.3) is 0 Å². The van der Waals surface area contributed by atoms with E-state index in [1.54, 1.807) is 0 Å². The van der Waals surface area contributed by atoms with Gasteiger partial charge in [0.15, 0.2) is 0 Å². The Morgan fingerprint density at radius 1 is 1.12 bits per heavy atom. The van der Waals surface area contributed by atoms with E-state index in [-0.39, 0.29) is 17.4 Å². The van der Waals surface area contributed by atoms with Gasteiger partial charge in [0.2, 0.25) is 5.91 Å². The number of rotatable bonds is 6. The van der Waals surface area contributed by atoms with E-state index < -0.39 is 12.0 Å². The molecular weight excluding hydrogens is 306 g/mol. The van der Waals surface area contributed by atoms with Gasteiger partial charge in [0.1, 0.15) is 6.04 Å². The Labute approximate surface area is 145 Å². The number of hydrogen-bond acceptors (Lipinski definition) is 3.